The summed E-state index contributed by atoms with van der Waals surface area (Å²) in [6.07, 6.45) is 0. The first-order chi connectivity index (χ1) is 12.3. The van der Waals surface area contributed by atoms with E-state index >= 15 is 0 Å². The van der Waals surface area contributed by atoms with E-state index in [0.29, 0.717) is 29.4 Å². The van der Waals surface area contributed by atoms with Crippen molar-refractivity contribution in [3.8, 4) is 5.75 Å². The number of likely N-dealkylation sites (N-methyl/N-ethyl adjacent to an activating group) is 1. The summed E-state index contributed by atoms with van der Waals surface area (Å²) in [6.45, 7) is 8.57. The number of hydrogen-bond acceptors (Lipinski definition) is 5. The lowest BCUT2D eigenvalue weighted by Gasteiger charge is -2.22. The molecule has 0 unspecified atom stereocenters. The molecule has 0 saturated heterocycles. The fourth-order valence-corrected chi connectivity index (χ4v) is 2.86. The van der Waals surface area contributed by atoms with Crippen LogP contribution in [0.2, 0.25) is 0 Å². The summed E-state index contributed by atoms with van der Waals surface area (Å²) in [6, 6.07) is 6.98. The highest BCUT2D eigenvalue weighted by atomic mass is 16.5. The van der Waals surface area contributed by atoms with E-state index in [1.807, 2.05) is 26.0 Å². The van der Waals surface area contributed by atoms with Crippen molar-refractivity contribution >= 4 is 17.4 Å². The van der Waals surface area contributed by atoms with Crippen LogP contribution in [0.1, 0.15) is 33.3 Å². The lowest BCUT2D eigenvalue weighted by molar-refractivity contribution is -0.139. The third kappa shape index (κ3) is 4.07. The molecule has 0 atom stereocenters. The summed E-state index contributed by atoms with van der Waals surface area (Å²) < 4.78 is 5.68. The molecule has 1 aromatic carbocycles. The van der Waals surface area contributed by atoms with Crippen LogP contribution in [0.3, 0.4) is 0 Å². The van der Waals surface area contributed by atoms with Gasteiger partial charge in [-0.2, -0.15) is 0 Å². The SMILES string of the molecule is CC(C)COc1ccc(C2=C(N(C)CCO)C(=O)N(C(C)C)C2=O)cc1. The Kier molecular flexibility index (Phi) is 6.42. The summed E-state index contributed by atoms with van der Waals surface area (Å²) in [5, 5.41) is 9.23. The van der Waals surface area contributed by atoms with Gasteiger partial charge in [0.05, 0.1) is 18.8 Å². The topological polar surface area (TPSA) is 70.1 Å². The normalized spacial score (nSPS) is 14.8. The summed E-state index contributed by atoms with van der Waals surface area (Å²) in [5.74, 6) is 0.521. The predicted molar refractivity (Wildman–Crippen MR) is 100 cm³/mol. The van der Waals surface area contributed by atoms with E-state index in [0.717, 1.165) is 5.75 Å². The van der Waals surface area contributed by atoms with Gasteiger partial charge in [-0.3, -0.25) is 14.5 Å². The Labute approximate surface area is 155 Å². The van der Waals surface area contributed by atoms with E-state index in [2.05, 4.69) is 13.8 Å². The predicted octanol–water partition coefficient (Wildman–Crippen LogP) is 2.13. The van der Waals surface area contributed by atoms with Crippen LogP contribution in [0.15, 0.2) is 30.0 Å². The molecule has 0 aromatic heterocycles. The van der Waals surface area contributed by atoms with E-state index in [-0.39, 0.29) is 31.0 Å². The van der Waals surface area contributed by atoms with Crippen molar-refractivity contribution in [3.05, 3.63) is 35.5 Å². The highest BCUT2D eigenvalue weighted by molar-refractivity contribution is 6.35. The minimum absolute atomic E-state index is 0.0988. The Hall–Kier alpha value is -2.34. The van der Waals surface area contributed by atoms with Gasteiger partial charge in [0.2, 0.25) is 0 Å². The fourth-order valence-electron chi connectivity index (χ4n) is 2.86. The molecule has 1 N–H and O–H groups in total. The van der Waals surface area contributed by atoms with Gasteiger partial charge in [0.25, 0.3) is 11.8 Å². The second kappa shape index (κ2) is 8.36. The van der Waals surface area contributed by atoms with Gasteiger partial charge in [-0.15, -0.1) is 0 Å². The second-order valence-electron chi connectivity index (χ2n) is 7.17. The lowest BCUT2D eigenvalue weighted by Crippen LogP contribution is -2.39. The van der Waals surface area contributed by atoms with E-state index in [4.69, 9.17) is 4.74 Å². The molecule has 2 rings (SSSR count). The minimum atomic E-state index is -0.323. The number of carbonyl (C=O) groups excluding carboxylic acids is 2. The summed E-state index contributed by atoms with van der Waals surface area (Å²) in [7, 11) is 1.71. The average molecular weight is 360 g/mol. The Bertz CT molecular complexity index is 692. The molecule has 0 radical (unpaired) electrons. The summed E-state index contributed by atoms with van der Waals surface area (Å²) in [5.41, 5.74) is 1.37. The van der Waals surface area contributed by atoms with E-state index in [1.54, 1.807) is 24.1 Å². The number of benzene rings is 1. The quantitative estimate of drug-likeness (QED) is 0.719. The van der Waals surface area contributed by atoms with Crippen LogP contribution in [0.5, 0.6) is 5.75 Å². The zero-order valence-corrected chi connectivity index (χ0v) is 16.2. The number of carbonyl (C=O) groups is 2. The van der Waals surface area contributed by atoms with Gasteiger partial charge >= 0.3 is 0 Å². The van der Waals surface area contributed by atoms with Crippen molar-refractivity contribution in [2.75, 3.05) is 26.8 Å². The highest BCUT2D eigenvalue weighted by Crippen LogP contribution is 2.33. The molecule has 1 heterocycles. The van der Waals surface area contributed by atoms with Gasteiger partial charge in [-0.25, -0.2) is 0 Å². The Morgan fingerprint density at radius 3 is 2.19 bits per heavy atom. The standard InChI is InChI=1S/C20H28N2O4/c1-13(2)12-26-16-8-6-15(7-9-16)17-18(21(5)10-11-23)20(25)22(14(3)4)19(17)24/h6-9,13-14,23H,10-12H2,1-5H3. The van der Waals surface area contributed by atoms with Crippen LogP contribution in [-0.2, 0) is 9.59 Å². The Morgan fingerprint density at radius 1 is 1.08 bits per heavy atom. The van der Waals surface area contributed by atoms with Gasteiger partial charge in [0, 0.05) is 19.6 Å². The number of aliphatic hydroxyl groups excluding tert-OH is 1. The highest BCUT2D eigenvalue weighted by Gasteiger charge is 2.41. The molecule has 0 saturated carbocycles. The van der Waals surface area contributed by atoms with E-state index < -0.39 is 0 Å². The fraction of sp³-hybridized carbons (Fsp3) is 0.500. The van der Waals surface area contributed by atoms with Crippen LogP contribution < -0.4 is 4.74 Å². The molecule has 26 heavy (non-hydrogen) atoms. The maximum absolute atomic E-state index is 12.9. The minimum Gasteiger partial charge on any atom is -0.493 e. The molecule has 6 nitrogen and oxygen atoms in total. The van der Waals surface area contributed by atoms with Crippen LogP contribution in [-0.4, -0.2) is 59.6 Å². The number of imide groups is 1. The van der Waals surface area contributed by atoms with Gasteiger partial charge in [0.1, 0.15) is 11.4 Å². The molecule has 1 aromatic rings. The van der Waals surface area contributed by atoms with Gasteiger partial charge in [-0.1, -0.05) is 26.0 Å². The van der Waals surface area contributed by atoms with Crippen molar-refractivity contribution in [2.24, 2.45) is 5.92 Å². The van der Waals surface area contributed by atoms with Crippen molar-refractivity contribution in [2.45, 2.75) is 33.7 Å². The van der Waals surface area contributed by atoms with Crippen LogP contribution >= 0.6 is 0 Å². The zero-order valence-electron chi connectivity index (χ0n) is 16.2. The molecule has 0 aliphatic carbocycles. The molecular formula is C20H28N2O4. The second-order valence-corrected chi connectivity index (χ2v) is 7.17. The third-order valence-corrected chi connectivity index (χ3v) is 4.15. The van der Waals surface area contributed by atoms with Gasteiger partial charge in [0.15, 0.2) is 0 Å². The van der Waals surface area contributed by atoms with E-state index in [9.17, 15) is 14.7 Å². The Morgan fingerprint density at radius 2 is 1.69 bits per heavy atom. The zero-order chi connectivity index (χ0) is 19.4. The molecule has 6 heteroatoms. The van der Waals surface area contributed by atoms with Gasteiger partial charge < -0.3 is 14.7 Å². The monoisotopic (exact) mass is 360 g/mol. The average Bonchev–Trinajstić information content (AvgIpc) is 2.84. The van der Waals surface area contributed by atoms with Crippen molar-refractivity contribution in [1.82, 2.24) is 9.80 Å². The first kappa shape index (κ1) is 20.0. The number of amides is 2. The maximum atomic E-state index is 12.9. The third-order valence-electron chi connectivity index (χ3n) is 4.15. The summed E-state index contributed by atoms with van der Waals surface area (Å²) >= 11 is 0. The number of nitrogens with zero attached hydrogens (tertiary/aromatic N) is 2. The maximum Gasteiger partial charge on any atom is 0.278 e. The number of ether oxygens (including phenoxy) is 1. The molecule has 0 spiro atoms. The molecule has 1 aliphatic heterocycles. The van der Waals surface area contributed by atoms with Crippen molar-refractivity contribution < 1.29 is 19.4 Å². The lowest BCUT2D eigenvalue weighted by atomic mass is 10.0. The van der Waals surface area contributed by atoms with Crippen LogP contribution in [0.25, 0.3) is 5.57 Å². The first-order valence-electron chi connectivity index (χ1n) is 8.95. The smallest absolute Gasteiger partial charge is 0.278 e. The largest absolute Gasteiger partial charge is 0.493 e. The van der Waals surface area contributed by atoms with E-state index in [1.165, 1.54) is 4.90 Å². The van der Waals surface area contributed by atoms with Gasteiger partial charge in [-0.05, 0) is 37.5 Å². The van der Waals surface area contributed by atoms with Crippen LogP contribution in [0.4, 0.5) is 0 Å². The molecule has 0 fully saturated rings. The van der Waals surface area contributed by atoms with Crippen LogP contribution in [0, 0.1) is 5.92 Å². The molecule has 1 aliphatic rings. The number of aliphatic hydroxyl groups is 1. The van der Waals surface area contributed by atoms with Crippen molar-refractivity contribution in [3.63, 3.8) is 0 Å². The Balaban J connectivity index is 2.40. The molecule has 0 bridgehead atoms. The molecule has 2 amide bonds. The number of hydrogen-bond donors (Lipinski definition) is 1. The molecular weight excluding hydrogens is 332 g/mol. The number of rotatable bonds is 8. The summed E-state index contributed by atoms with van der Waals surface area (Å²) in [4.78, 5) is 28.6. The first-order valence-corrected chi connectivity index (χ1v) is 8.95. The van der Waals surface area contributed by atoms with Crippen molar-refractivity contribution in [1.29, 1.82) is 0 Å². The molecule has 142 valence electrons.